The number of aromatic nitrogens is 3. The molecule has 1 amide bonds. The smallest absolute Gasteiger partial charge is 0.253 e. The fourth-order valence-electron chi connectivity index (χ4n) is 2.67. The van der Waals surface area contributed by atoms with Crippen LogP contribution in [-0.4, -0.2) is 56.9 Å². The number of hydrogen-bond donors (Lipinski definition) is 0. The predicted molar refractivity (Wildman–Crippen MR) is 83.4 cm³/mol. The first-order valence-electron chi connectivity index (χ1n) is 7.55. The lowest BCUT2D eigenvalue weighted by Crippen LogP contribution is -2.48. The van der Waals surface area contributed by atoms with Crippen molar-refractivity contribution in [2.75, 3.05) is 26.2 Å². The zero-order valence-electron chi connectivity index (χ0n) is 13.1. The molecule has 0 aliphatic carbocycles. The predicted octanol–water partition coefficient (Wildman–Crippen LogP) is 1.08. The van der Waals surface area contributed by atoms with E-state index in [1.54, 1.807) is 10.9 Å². The second-order valence-corrected chi connectivity index (χ2v) is 5.78. The number of rotatable bonds is 3. The van der Waals surface area contributed by atoms with Crippen LogP contribution in [-0.2, 0) is 13.6 Å². The van der Waals surface area contributed by atoms with Crippen molar-refractivity contribution >= 4 is 5.91 Å². The van der Waals surface area contributed by atoms with E-state index in [0.29, 0.717) is 0 Å². The van der Waals surface area contributed by atoms with Crippen LogP contribution in [0, 0.1) is 6.92 Å². The molecule has 0 unspecified atom stereocenters. The molecular formula is C16H21N5O. The number of piperazine rings is 1. The summed E-state index contributed by atoms with van der Waals surface area (Å²) in [5.74, 6) is 0.127. The number of nitrogens with zero attached hydrogens (tertiary/aromatic N) is 5. The van der Waals surface area contributed by atoms with Crippen LogP contribution in [0.5, 0.6) is 0 Å². The van der Waals surface area contributed by atoms with Gasteiger partial charge in [-0.2, -0.15) is 0 Å². The first kappa shape index (κ1) is 14.7. The lowest BCUT2D eigenvalue weighted by Gasteiger charge is -2.34. The Kier molecular flexibility index (Phi) is 4.20. The second kappa shape index (κ2) is 6.27. The van der Waals surface area contributed by atoms with Gasteiger partial charge in [0.05, 0.1) is 11.9 Å². The van der Waals surface area contributed by atoms with Crippen LogP contribution in [0.25, 0.3) is 0 Å². The van der Waals surface area contributed by atoms with Crippen LogP contribution in [0.4, 0.5) is 0 Å². The zero-order valence-corrected chi connectivity index (χ0v) is 13.1. The van der Waals surface area contributed by atoms with E-state index in [9.17, 15) is 4.79 Å². The molecule has 0 spiro atoms. The molecule has 0 atom stereocenters. The van der Waals surface area contributed by atoms with Gasteiger partial charge in [-0.1, -0.05) is 22.9 Å². The molecule has 1 aliphatic heterocycles. The summed E-state index contributed by atoms with van der Waals surface area (Å²) in [6.45, 7) is 6.14. The third-order valence-corrected chi connectivity index (χ3v) is 4.15. The van der Waals surface area contributed by atoms with E-state index in [4.69, 9.17) is 0 Å². The Morgan fingerprint density at radius 3 is 2.41 bits per heavy atom. The first-order valence-corrected chi connectivity index (χ1v) is 7.55. The van der Waals surface area contributed by atoms with E-state index >= 15 is 0 Å². The fraction of sp³-hybridized carbons (Fsp3) is 0.438. The van der Waals surface area contributed by atoms with Gasteiger partial charge in [0.2, 0.25) is 0 Å². The summed E-state index contributed by atoms with van der Waals surface area (Å²) >= 11 is 0. The van der Waals surface area contributed by atoms with Crippen molar-refractivity contribution in [3.05, 3.63) is 47.3 Å². The van der Waals surface area contributed by atoms with Gasteiger partial charge in [0.25, 0.3) is 5.91 Å². The number of aryl methyl sites for hydroxylation is 2. The summed E-state index contributed by atoms with van der Waals surface area (Å²) in [6.07, 6.45) is 1.80. The molecule has 116 valence electrons. The molecule has 1 aliphatic rings. The number of carbonyl (C=O) groups is 1. The summed E-state index contributed by atoms with van der Waals surface area (Å²) in [4.78, 5) is 16.7. The quantitative estimate of drug-likeness (QED) is 0.851. The maximum absolute atomic E-state index is 12.5. The third kappa shape index (κ3) is 3.17. The highest BCUT2D eigenvalue weighted by molar-refractivity contribution is 5.94. The summed E-state index contributed by atoms with van der Waals surface area (Å²) in [7, 11) is 1.90. The first-order chi connectivity index (χ1) is 10.6. The monoisotopic (exact) mass is 299 g/mol. The Hall–Kier alpha value is -2.21. The van der Waals surface area contributed by atoms with Crippen LogP contribution < -0.4 is 0 Å². The zero-order chi connectivity index (χ0) is 15.5. The van der Waals surface area contributed by atoms with E-state index in [2.05, 4.69) is 15.2 Å². The van der Waals surface area contributed by atoms with E-state index in [-0.39, 0.29) is 5.91 Å². The highest BCUT2D eigenvalue weighted by Crippen LogP contribution is 2.11. The van der Waals surface area contributed by atoms with Gasteiger partial charge in [-0.15, -0.1) is 5.10 Å². The Bertz CT molecular complexity index is 641. The van der Waals surface area contributed by atoms with Crippen LogP contribution in [0.2, 0.25) is 0 Å². The molecular weight excluding hydrogens is 278 g/mol. The molecule has 0 saturated carbocycles. The van der Waals surface area contributed by atoms with Crippen LogP contribution >= 0.6 is 0 Å². The molecule has 6 heteroatoms. The van der Waals surface area contributed by atoms with Crippen LogP contribution in [0.1, 0.15) is 21.6 Å². The molecule has 0 radical (unpaired) electrons. The minimum absolute atomic E-state index is 0.127. The lowest BCUT2D eigenvalue weighted by molar-refractivity contribution is 0.0625. The van der Waals surface area contributed by atoms with Crippen molar-refractivity contribution in [2.45, 2.75) is 13.5 Å². The van der Waals surface area contributed by atoms with Gasteiger partial charge in [0.15, 0.2) is 0 Å². The Labute approximate surface area is 130 Å². The SMILES string of the molecule is Cc1ccc(C(=O)N2CCN(Cc3cnnn3C)CC2)cc1. The molecule has 2 aromatic rings. The maximum Gasteiger partial charge on any atom is 0.253 e. The molecule has 1 aromatic heterocycles. The van der Waals surface area contributed by atoms with Crippen molar-refractivity contribution in [3.63, 3.8) is 0 Å². The van der Waals surface area contributed by atoms with E-state index in [0.717, 1.165) is 44.0 Å². The largest absolute Gasteiger partial charge is 0.336 e. The van der Waals surface area contributed by atoms with E-state index in [1.807, 2.05) is 43.1 Å². The van der Waals surface area contributed by atoms with Crippen LogP contribution in [0.3, 0.4) is 0 Å². The minimum Gasteiger partial charge on any atom is -0.336 e. The number of benzene rings is 1. The molecule has 0 N–H and O–H groups in total. The van der Waals surface area contributed by atoms with Crippen LogP contribution in [0.15, 0.2) is 30.5 Å². The minimum atomic E-state index is 0.127. The Morgan fingerprint density at radius 2 is 1.82 bits per heavy atom. The summed E-state index contributed by atoms with van der Waals surface area (Å²) in [6, 6.07) is 7.79. The molecule has 1 fully saturated rings. The molecule has 3 rings (SSSR count). The van der Waals surface area contributed by atoms with Crippen molar-refractivity contribution < 1.29 is 4.79 Å². The molecule has 0 bridgehead atoms. The standard InChI is InChI=1S/C16H21N5O/c1-13-3-5-14(6-4-13)16(22)21-9-7-20(8-10-21)12-15-11-17-18-19(15)2/h3-6,11H,7-10,12H2,1-2H3. The van der Waals surface area contributed by atoms with Gasteiger partial charge in [-0.3, -0.25) is 14.4 Å². The number of carbonyl (C=O) groups excluding carboxylic acids is 1. The van der Waals surface area contributed by atoms with Gasteiger partial charge in [-0.05, 0) is 19.1 Å². The maximum atomic E-state index is 12.5. The molecule has 2 heterocycles. The molecule has 1 saturated heterocycles. The molecule has 1 aromatic carbocycles. The number of hydrogen-bond acceptors (Lipinski definition) is 4. The number of amides is 1. The van der Waals surface area contributed by atoms with Crippen molar-refractivity contribution in [1.29, 1.82) is 0 Å². The third-order valence-electron chi connectivity index (χ3n) is 4.15. The average molecular weight is 299 g/mol. The Balaban J connectivity index is 1.56. The molecule has 6 nitrogen and oxygen atoms in total. The Morgan fingerprint density at radius 1 is 1.14 bits per heavy atom. The normalized spacial score (nSPS) is 16.0. The van der Waals surface area contributed by atoms with Crippen molar-refractivity contribution in [1.82, 2.24) is 24.8 Å². The van der Waals surface area contributed by atoms with E-state index in [1.165, 1.54) is 5.56 Å². The summed E-state index contributed by atoms with van der Waals surface area (Å²) < 4.78 is 1.80. The highest BCUT2D eigenvalue weighted by atomic mass is 16.2. The second-order valence-electron chi connectivity index (χ2n) is 5.78. The molecule has 22 heavy (non-hydrogen) atoms. The van der Waals surface area contributed by atoms with Crippen molar-refractivity contribution in [2.24, 2.45) is 7.05 Å². The van der Waals surface area contributed by atoms with Gasteiger partial charge in [-0.25, -0.2) is 0 Å². The fourth-order valence-corrected chi connectivity index (χ4v) is 2.67. The van der Waals surface area contributed by atoms with Gasteiger partial charge < -0.3 is 4.90 Å². The highest BCUT2D eigenvalue weighted by Gasteiger charge is 2.22. The topological polar surface area (TPSA) is 54.3 Å². The average Bonchev–Trinajstić information content (AvgIpc) is 2.93. The lowest BCUT2D eigenvalue weighted by atomic mass is 10.1. The van der Waals surface area contributed by atoms with E-state index < -0.39 is 0 Å². The van der Waals surface area contributed by atoms with Gasteiger partial charge >= 0.3 is 0 Å². The van der Waals surface area contributed by atoms with Gasteiger partial charge in [0, 0.05) is 45.3 Å². The summed E-state index contributed by atoms with van der Waals surface area (Å²) in [5, 5.41) is 7.85. The van der Waals surface area contributed by atoms with Crippen molar-refractivity contribution in [3.8, 4) is 0 Å². The summed E-state index contributed by atoms with van der Waals surface area (Å²) in [5.41, 5.74) is 3.04. The van der Waals surface area contributed by atoms with Gasteiger partial charge in [0.1, 0.15) is 0 Å².